The fourth-order valence-corrected chi connectivity index (χ4v) is 2.43. The van der Waals surface area contributed by atoms with Gasteiger partial charge in [-0.2, -0.15) is 0 Å². The van der Waals surface area contributed by atoms with Crippen LogP contribution in [-0.4, -0.2) is 19.8 Å². The lowest BCUT2D eigenvalue weighted by molar-refractivity contribution is 0.0893. The average molecular weight is 286 g/mol. The topological polar surface area (TPSA) is 44.5 Å². The second kappa shape index (κ2) is 5.17. The van der Waals surface area contributed by atoms with E-state index >= 15 is 0 Å². The molecule has 3 nitrogen and oxygen atoms in total. The molecule has 0 saturated carbocycles. The van der Waals surface area contributed by atoms with Gasteiger partial charge < -0.3 is 15.2 Å². The minimum atomic E-state index is -0.116. The van der Waals surface area contributed by atoms with E-state index in [4.69, 9.17) is 15.2 Å². The van der Waals surface area contributed by atoms with Crippen LogP contribution in [0.3, 0.4) is 0 Å². The van der Waals surface area contributed by atoms with Gasteiger partial charge in [0.25, 0.3) is 0 Å². The molecule has 2 rings (SSSR count). The molecule has 88 valence electrons. The maximum absolute atomic E-state index is 6.22. The predicted molar refractivity (Wildman–Crippen MR) is 66.6 cm³/mol. The second-order valence-electron chi connectivity index (χ2n) is 3.96. The molecule has 1 aromatic carbocycles. The van der Waals surface area contributed by atoms with Crippen molar-refractivity contribution in [3.05, 3.63) is 28.2 Å². The summed E-state index contributed by atoms with van der Waals surface area (Å²) in [5, 5.41) is 0. The Morgan fingerprint density at radius 1 is 1.56 bits per heavy atom. The predicted octanol–water partition coefficient (Wildman–Crippen LogP) is 2.64. The number of ether oxygens (including phenoxy) is 2. The van der Waals surface area contributed by atoms with Crippen molar-refractivity contribution >= 4 is 15.9 Å². The van der Waals surface area contributed by atoms with Crippen LogP contribution >= 0.6 is 15.9 Å². The third kappa shape index (κ3) is 2.39. The molecule has 4 heteroatoms. The Morgan fingerprint density at radius 3 is 3.00 bits per heavy atom. The first kappa shape index (κ1) is 11.9. The van der Waals surface area contributed by atoms with E-state index in [1.807, 2.05) is 18.2 Å². The van der Waals surface area contributed by atoms with E-state index < -0.39 is 0 Å². The molecule has 0 aromatic heterocycles. The number of halogens is 1. The third-order valence-electron chi connectivity index (χ3n) is 2.92. The molecular weight excluding hydrogens is 270 g/mol. The molecule has 16 heavy (non-hydrogen) atoms. The lowest BCUT2D eigenvalue weighted by atomic mass is 9.99. The van der Waals surface area contributed by atoms with Gasteiger partial charge in [-0.15, -0.1) is 0 Å². The average Bonchev–Trinajstić information content (AvgIpc) is 2.81. The van der Waals surface area contributed by atoms with E-state index in [2.05, 4.69) is 15.9 Å². The molecule has 1 aromatic rings. The molecule has 2 N–H and O–H groups in total. The first-order valence-electron chi connectivity index (χ1n) is 5.43. The first-order chi connectivity index (χ1) is 7.72. The lowest BCUT2D eigenvalue weighted by Gasteiger charge is -2.21. The van der Waals surface area contributed by atoms with Crippen LogP contribution in [0.25, 0.3) is 0 Å². The molecule has 0 radical (unpaired) electrons. The van der Waals surface area contributed by atoms with Crippen LogP contribution in [0.5, 0.6) is 5.75 Å². The van der Waals surface area contributed by atoms with Crippen LogP contribution in [0.2, 0.25) is 0 Å². The lowest BCUT2D eigenvalue weighted by Crippen LogP contribution is -2.26. The van der Waals surface area contributed by atoms with Gasteiger partial charge in [-0.1, -0.05) is 15.9 Å². The monoisotopic (exact) mass is 285 g/mol. The van der Waals surface area contributed by atoms with Gasteiger partial charge in [-0.05, 0) is 31.0 Å². The van der Waals surface area contributed by atoms with Crippen molar-refractivity contribution in [1.29, 1.82) is 0 Å². The third-order valence-corrected chi connectivity index (χ3v) is 3.41. The second-order valence-corrected chi connectivity index (χ2v) is 4.88. The van der Waals surface area contributed by atoms with Crippen LogP contribution in [0, 0.1) is 0 Å². The summed E-state index contributed by atoms with van der Waals surface area (Å²) in [6, 6.07) is 5.76. The zero-order valence-corrected chi connectivity index (χ0v) is 10.9. The van der Waals surface area contributed by atoms with Gasteiger partial charge in [0.2, 0.25) is 0 Å². The van der Waals surface area contributed by atoms with Gasteiger partial charge in [0.15, 0.2) is 0 Å². The summed E-state index contributed by atoms with van der Waals surface area (Å²) in [6.07, 6.45) is 2.23. The van der Waals surface area contributed by atoms with Gasteiger partial charge in [0.05, 0.1) is 19.3 Å². The quantitative estimate of drug-likeness (QED) is 0.929. The normalized spacial score (nSPS) is 22.1. The van der Waals surface area contributed by atoms with Gasteiger partial charge in [0, 0.05) is 16.6 Å². The highest BCUT2D eigenvalue weighted by atomic mass is 79.9. The Balaban J connectivity index is 2.26. The van der Waals surface area contributed by atoms with Crippen molar-refractivity contribution in [2.45, 2.75) is 25.0 Å². The van der Waals surface area contributed by atoms with Crippen LogP contribution in [0.1, 0.15) is 24.4 Å². The zero-order valence-electron chi connectivity index (χ0n) is 9.28. The number of benzene rings is 1. The van der Waals surface area contributed by atoms with Crippen molar-refractivity contribution < 1.29 is 9.47 Å². The summed E-state index contributed by atoms with van der Waals surface area (Å²) in [4.78, 5) is 0. The maximum atomic E-state index is 6.22. The SMILES string of the molecule is COc1ccc(Br)cc1C(N)C1CCCO1. The highest BCUT2D eigenvalue weighted by Gasteiger charge is 2.26. The smallest absolute Gasteiger partial charge is 0.123 e. The molecule has 0 aliphatic carbocycles. The number of hydrogen-bond acceptors (Lipinski definition) is 3. The standard InChI is InChI=1S/C12H16BrNO2/c1-15-10-5-4-8(13)7-9(10)12(14)11-3-2-6-16-11/h4-5,7,11-12H,2-3,6,14H2,1H3. The Kier molecular flexibility index (Phi) is 3.84. The Bertz CT molecular complexity index is 364. The number of nitrogens with two attached hydrogens (primary N) is 1. The van der Waals surface area contributed by atoms with Crippen molar-refractivity contribution in [3.63, 3.8) is 0 Å². The van der Waals surface area contributed by atoms with Gasteiger partial charge >= 0.3 is 0 Å². The highest BCUT2D eigenvalue weighted by molar-refractivity contribution is 9.10. The molecule has 1 fully saturated rings. The maximum Gasteiger partial charge on any atom is 0.123 e. The van der Waals surface area contributed by atoms with Crippen LogP contribution in [0.4, 0.5) is 0 Å². The highest BCUT2D eigenvalue weighted by Crippen LogP contribution is 2.32. The molecule has 1 aliphatic heterocycles. The largest absolute Gasteiger partial charge is 0.496 e. The summed E-state index contributed by atoms with van der Waals surface area (Å²) >= 11 is 3.45. The molecule has 2 unspecified atom stereocenters. The first-order valence-corrected chi connectivity index (χ1v) is 6.22. The van der Waals surface area contributed by atoms with Crippen molar-refractivity contribution in [2.75, 3.05) is 13.7 Å². The van der Waals surface area contributed by atoms with E-state index in [-0.39, 0.29) is 12.1 Å². The van der Waals surface area contributed by atoms with Crippen LogP contribution in [-0.2, 0) is 4.74 Å². The number of methoxy groups -OCH3 is 1. The Hall–Kier alpha value is -0.580. The minimum Gasteiger partial charge on any atom is -0.496 e. The molecule has 1 saturated heterocycles. The van der Waals surface area contributed by atoms with E-state index in [1.165, 1.54) is 0 Å². The van der Waals surface area contributed by atoms with Crippen LogP contribution in [0.15, 0.2) is 22.7 Å². The summed E-state index contributed by atoms with van der Waals surface area (Å²) in [5.41, 5.74) is 7.22. The molecule has 0 amide bonds. The van der Waals surface area contributed by atoms with Gasteiger partial charge in [0.1, 0.15) is 5.75 Å². The summed E-state index contributed by atoms with van der Waals surface area (Å²) in [7, 11) is 1.66. The van der Waals surface area contributed by atoms with Crippen molar-refractivity contribution in [1.82, 2.24) is 0 Å². The number of rotatable bonds is 3. The Labute approximate surface area is 104 Å². The summed E-state index contributed by atoms with van der Waals surface area (Å²) in [5.74, 6) is 0.825. The fourth-order valence-electron chi connectivity index (χ4n) is 2.05. The molecule has 0 bridgehead atoms. The van der Waals surface area contributed by atoms with E-state index in [0.717, 1.165) is 35.2 Å². The zero-order chi connectivity index (χ0) is 11.5. The molecular formula is C12H16BrNO2. The van der Waals surface area contributed by atoms with Gasteiger partial charge in [-0.3, -0.25) is 0 Å². The minimum absolute atomic E-state index is 0.114. The van der Waals surface area contributed by atoms with Gasteiger partial charge in [-0.25, -0.2) is 0 Å². The molecule has 2 atom stereocenters. The van der Waals surface area contributed by atoms with E-state index in [1.54, 1.807) is 7.11 Å². The molecule has 1 heterocycles. The number of hydrogen-bond donors (Lipinski definition) is 1. The van der Waals surface area contributed by atoms with E-state index in [9.17, 15) is 0 Å². The molecule has 0 spiro atoms. The Morgan fingerprint density at radius 2 is 2.38 bits per heavy atom. The molecule has 1 aliphatic rings. The summed E-state index contributed by atoms with van der Waals surface area (Å²) < 4.78 is 11.9. The van der Waals surface area contributed by atoms with Crippen molar-refractivity contribution in [3.8, 4) is 5.75 Å². The summed E-state index contributed by atoms with van der Waals surface area (Å²) in [6.45, 7) is 0.814. The van der Waals surface area contributed by atoms with Crippen molar-refractivity contribution in [2.24, 2.45) is 5.73 Å². The van der Waals surface area contributed by atoms with E-state index in [0.29, 0.717) is 0 Å². The fraction of sp³-hybridized carbons (Fsp3) is 0.500. The van der Waals surface area contributed by atoms with Crippen LogP contribution < -0.4 is 10.5 Å².